The number of nitrogens with zero attached hydrogens (tertiary/aromatic N) is 2. The Labute approximate surface area is 212 Å². The number of rotatable bonds is 9. The van der Waals surface area contributed by atoms with Crippen molar-refractivity contribution in [1.82, 2.24) is 9.80 Å². The van der Waals surface area contributed by atoms with Crippen LogP contribution in [-0.2, 0) is 17.9 Å². The number of carbonyl (C=O) groups excluding carboxylic acids is 2. The number of ether oxygens (including phenoxy) is 1. The molecule has 184 valence electrons. The van der Waals surface area contributed by atoms with Crippen molar-refractivity contribution in [3.05, 3.63) is 87.6 Å². The lowest BCUT2D eigenvalue weighted by molar-refractivity contribution is -0.133. The number of hydrogen-bond acceptors (Lipinski definition) is 4. The summed E-state index contributed by atoms with van der Waals surface area (Å²) >= 11 is 1.67. The van der Waals surface area contributed by atoms with Gasteiger partial charge in [0.15, 0.2) is 0 Å². The Hall–Kier alpha value is -3.12. The second kappa shape index (κ2) is 12.0. The third kappa shape index (κ3) is 6.51. The first-order valence-corrected chi connectivity index (χ1v) is 13.2. The molecule has 0 aliphatic heterocycles. The number of benzene rings is 2. The molecule has 1 aliphatic rings. The minimum Gasteiger partial charge on any atom is -0.497 e. The van der Waals surface area contributed by atoms with Crippen LogP contribution in [0.25, 0.3) is 0 Å². The van der Waals surface area contributed by atoms with Gasteiger partial charge in [-0.15, -0.1) is 11.3 Å². The predicted molar refractivity (Wildman–Crippen MR) is 141 cm³/mol. The van der Waals surface area contributed by atoms with E-state index in [1.165, 1.54) is 16.9 Å². The number of aryl methyl sites for hydroxylation is 1. The van der Waals surface area contributed by atoms with Gasteiger partial charge in [0.2, 0.25) is 5.91 Å². The second-order valence-electron chi connectivity index (χ2n) is 9.22. The van der Waals surface area contributed by atoms with E-state index in [2.05, 4.69) is 18.4 Å². The first-order valence-electron chi connectivity index (χ1n) is 12.3. The van der Waals surface area contributed by atoms with Gasteiger partial charge in [0.25, 0.3) is 5.91 Å². The fourth-order valence-corrected chi connectivity index (χ4v) is 5.60. The van der Waals surface area contributed by atoms with Crippen LogP contribution in [0, 0.1) is 6.92 Å². The fourth-order valence-electron chi connectivity index (χ4n) is 4.68. The molecule has 0 N–H and O–H groups in total. The zero-order valence-electron chi connectivity index (χ0n) is 20.6. The summed E-state index contributed by atoms with van der Waals surface area (Å²) in [6, 6.07) is 19.4. The van der Waals surface area contributed by atoms with Crippen molar-refractivity contribution in [2.24, 2.45) is 0 Å². The number of hydrogen-bond donors (Lipinski definition) is 0. The zero-order valence-corrected chi connectivity index (χ0v) is 21.4. The topological polar surface area (TPSA) is 49.9 Å². The molecular weight excluding hydrogens is 456 g/mol. The van der Waals surface area contributed by atoms with Crippen molar-refractivity contribution in [1.29, 1.82) is 0 Å². The molecule has 6 heteroatoms. The minimum absolute atomic E-state index is 0.0194. The molecule has 0 radical (unpaired) electrons. The molecule has 35 heavy (non-hydrogen) atoms. The zero-order chi connectivity index (χ0) is 24.6. The summed E-state index contributed by atoms with van der Waals surface area (Å²) in [7, 11) is 1.61. The van der Waals surface area contributed by atoms with E-state index < -0.39 is 0 Å². The van der Waals surface area contributed by atoms with Crippen molar-refractivity contribution < 1.29 is 14.3 Å². The molecule has 2 aromatic carbocycles. The Kier molecular flexibility index (Phi) is 8.59. The Bertz CT molecular complexity index is 1100. The van der Waals surface area contributed by atoms with E-state index in [-0.39, 0.29) is 24.4 Å². The Morgan fingerprint density at radius 2 is 1.66 bits per heavy atom. The lowest BCUT2D eigenvalue weighted by atomic mass is 9.93. The van der Waals surface area contributed by atoms with Gasteiger partial charge in [-0.3, -0.25) is 9.59 Å². The fraction of sp³-hybridized carbons (Fsp3) is 0.379. The highest BCUT2D eigenvalue weighted by molar-refractivity contribution is 7.10. The second-order valence-corrected chi connectivity index (χ2v) is 10.2. The molecule has 1 aromatic heterocycles. The normalized spacial score (nSPS) is 13.9. The minimum atomic E-state index is -0.0835. The first-order chi connectivity index (χ1) is 17.0. The summed E-state index contributed by atoms with van der Waals surface area (Å²) in [5.74, 6) is 0.608. The Morgan fingerprint density at radius 1 is 0.943 bits per heavy atom. The molecule has 1 fully saturated rings. The van der Waals surface area contributed by atoms with E-state index >= 15 is 0 Å². The molecule has 1 aliphatic carbocycles. The molecule has 1 heterocycles. The van der Waals surface area contributed by atoms with E-state index in [9.17, 15) is 9.59 Å². The standard InChI is InChI=1S/C29H34N2O3S/c1-22-17-18-35-27(22)20-30(19-23-9-5-3-6-10-23)28(32)21-31(25-11-7-4-8-12-25)29(33)24-13-15-26(34-2)16-14-24/h3,5-6,9-10,13-18,25H,4,7-8,11-12,19-21H2,1-2H3. The first kappa shape index (κ1) is 25.0. The monoisotopic (exact) mass is 490 g/mol. The van der Waals surface area contributed by atoms with E-state index in [4.69, 9.17) is 4.74 Å². The summed E-state index contributed by atoms with van der Waals surface area (Å²) in [4.78, 5) is 32.3. The Morgan fingerprint density at radius 3 is 2.29 bits per heavy atom. The molecule has 3 aromatic rings. The van der Waals surface area contributed by atoms with Crippen LogP contribution in [0.2, 0.25) is 0 Å². The van der Waals surface area contributed by atoms with Crippen LogP contribution >= 0.6 is 11.3 Å². The molecule has 0 unspecified atom stereocenters. The van der Waals surface area contributed by atoms with Crippen LogP contribution < -0.4 is 4.74 Å². The summed E-state index contributed by atoms with van der Waals surface area (Å²) in [6.45, 7) is 3.24. The van der Waals surface area contributed by atoms with Crippen molar-refractivity contribution in [2.75, 3.05) is 13.7 Å². The van der Waals surface area contributed by atoms with Gasteiger partial charge in [0.05, 0.1) is 13.7 Å². The van der Waals surface area contributed by atoms with Gasteiger partial charge in [-0.2, -0.15) is 0 Å². The van der Waals surface area contributed by atoms with E-state index in [1.54, 1.807) is 42.7 Å². The summed E-state index contributed by atoms with van der Waals surface area (Å²) < 4.78 is 5.25. The third-order valence-corrected chi connectivity index (χ3v) is 7.80. The van der Waals surface area contributed by atoms with Crippen LogP contribution in [0.15, 0.2) is 66.0 Å². The summed E-state index contributed by atoms with van der Waals surface area (Å²) in [5, 5.41) is 2.07. The summed E-state index contributed by atoms with van der Waals surface area (Å²) in [5.41, 5.74) is 2.87. The smallest absolute Gasteiger partial charge is 0.254 e. The van der Waals surface area contributed by atoms with Gasteiger partial charge in [0, 0.05) is 23.0 Å². The average molecular weight is 491 g/mol. The molecule has 5 nitrogen and oxygen atoms in total. The number of carbonyl (C=O) groups is 2. The van der Waals surface area contributed by atoms with Crippen molar-refractivity contribution in [2.45, 2.75) is 58.2 Å². The number of thiophene rings is 1. The quantitative estimate of drug-likeness (QED) is 0.366. The highest BCUT2D eigenvalue weighted by atomic mass is 32.1. The molecular formula is C29H34N2O3S. The lowest BCUT2D eigenvalue weighted by Gasteiger charge is -2.35. The van der Waals surface area contributed by atoms with Gasteiger partial charge in [-0.1, -0.05) is 49.6 Å². The van der Waals surface area contributed by atoms with Gasteiger partial charge in [-0.25, -0.2) is 0 Å². The largest absolute Gasteiger partial charge is 0.497 e. The number of methoxy groups -OCH3 is 1. The molecule has 0 saturated heterocycles. The van der Waals surface area contributed by atoms with E-state index in [0.29, 0.717) is 24.4 Å². The van der Waals surface area contributed by atoms with Gasteiger partial charge >= 0.3 is 0 Å². The molecule has 4 rings (SSSR count). The lowest BCUT2D eigenvalue weighted by Crippen LogP contribution is -2.48. The van der Waals surface area contributed by atoms with Crippen molar-refractivity contribution in [3.8, 4) is 5.75 Å². The van der Waals surface area contributed by atoms with Crippen LogP contribution in [0.1, 0.15) is 58.5 Å². The van der Waals surface area contributed by atoms with Gasteiger partial charge < -0.3 is 14.5 Å². The van der Waals surface area contributed by atoms with Crippen LogP contribution in [0.3, 0.4) is 0 Å². The predicted octanol–water partition coefficient (Wildman–Crippen LogP) is 6.07. The number of amides is 2. The maximum atomic E-state index is 13.8. The van der Waals surface area contributed by atoms with Crippen LogP contribution in [0.5, 0.6) is 5.75 Å². The maximum Gasteiger partial charge on any atom is 0.254 e. The van der Waals surface area contributed by atoms with Crippen molar-refractivity contribution in [3.63, 3.8) is 0 Å². The highest BCUT2D eigenvalue weighted by Crippen LogP contribution is 2.26. The molecule has 1 saturated carbocycles. The van der Waals surface area contributed by atoms with Crippen LogP contribution in [0.4, 0.5) is 0 Å². The SMILES string of the molecule is COc1ccc(C(=O)N(CC(=O)N(Cc2ccccc2)Cc2sccc2C)C2CCCCC2)cc1. The van der Waals surface area contributed by atoms with E-state index in [1.807, 2.05) is 40.1 Å². The Balaban J connectivity index is 1.58. The maximum absolute atomic E-state index is 13.8. The highest BCUT2D eigenvalue weighted by Gasteiger charge is 2.30. The third-order valence-electron chi connectivity index (χ3n) is 6.79. The summed E-state index contributed by atoms with van der Waals surface area (Å²) in [6.07, 6.45) is 5.25. The molecule has 2 amide bonds. The van der Waals surface area contributed by atoms with Crippen LogP contribution in [-0.4, -0.2) is 41.3 Å². The van der Waals surface area contributed by atoms with Gasteiger partial charge in [0.1, 0.15) is 12.3 Å². The molecule has 0 atom stereocenters. The molecule has 0 bridgehead atoms. The van der Waals surface area contributed by atoms with E-state index in [0.717, 1.165) is 31.2 Å². The van der Waals surface area contributed by atoms with Crippen molar-refractivity contribution >= 4 is 23.2 Å². The van der Waals surface area contributed by atoms with Gasteiger partial charge in [-0.05, 0) is 66.6 Å². The average Bonchev–Trinajstić information content (AvgIpc) is 3.31. The molecule has 0 spiro atoms.